The van der Waals surface area contributed by atoms with Gasteiger partial charge in [0.25, 0.3) is 0 Å². The maximum Gasteiger partial charge on any atom is 0.236 e. The van der Waals surface area contributed by atoms with E-state index in [1.807, 2.05) is 0 Å². The molecule has 0 bridgehead atoms. The van der Waals surface area contributed by atoms with Crippen LogP contribution in [-0.4, -0.2) is 67.2 Å². The molecule has 28 heavy (non-hydrogen) atoms. The lowest BCUT2D eigenvalue weighted by molar-refractivity contribution is 0.587. The molecule has 2 unspecified atom stereocenters. The molecule has 0 aliphatic carbocycles. The van der Waals surface area contributed by atoms with Crippen LogP contribution in [0.1, 0.15) is 12.8 Å². The van der Waals surface area contributed by atoms with Crippen LogP contribution in [0, 0.1) is 0 Å². The quantitative estimate of drug-likeness (QED) is 0.562. The van der Waals surface area contributed by atoms with E-state index in [1.54, 1.807) is 0 Å². The molecule has 2 N–H and O–H groups in total. The van der Waals surface area contributed by atoms with E-state index in [0.29, 0.717) is 0 Å². The fourth-order valence-electron chi connectivity index (χ4n) is 3.15. The van der Waals surface area contributed by atoms with Crippen LogP contribution in [-0.2, 0) is 39.7 Å². The number of hydrogen-bond donors (Lipinski definition) is 2. The summed E-state index contributed by atoms with van der Waals surface area (Å²) in [6, 6.07) is 5.48. The third-order valence-corrected chi connectivity index (χ3v) is 12.2. The van der Waals surface area contributed by atoms with Crippen molar-refractivity contribution in [2.75, 3.05) is 32.5 Å². The molecule has 1 aromatic rings. The molecule has 0 aromatic heterocycles. The van der Waals surface area contributed by atoms with Crippen molar-refractivity contribution in [3.8, 4) is 0 Å². The minimum Gasteiger partial charge on any atom is -0.283 e. The average Bonchev–Trinajstić information content (AvgIpc) is 3.09. The Balaban J connectivity index is 1.74. The van der Waals surface area contributed by atoms with E-state index < -0.39 is 61.7 Å². The number of benzene rings is 1. The van der Waals surface area contributed by atoms with Crippen LogP contribution in [0.25, 0.3) is 0 Å². The molecule has 158 valence electrons. The Hall–Kier alpha value is -1.38. The van der Waals surface area contributed by atoms with Gasteiger partial charge in [-0.1, -0.05) is 6.07 Å². The molecule has 2 saturated heterocycles. The maximum atomic E-state index is 12.4. The lowest BCUT2D eigenvalue weighted by Crippen LogP contribution is -2.29. The molecule has 0 spiro atoms. The van der Waals surface area contributed by atoms with E-state index in [1.165, 1.54) is 24.3 Å². The zero-order valence-electron chi connectivity index (χ0n) is 14.6. The highest BCUT2D eigenvalue weighted by Crippen LogP contribution is 2.25. The Morgan fingerprint density at radius 3 is 1.46 bits per heavy atom. The van der Waals surface area contributed by atoms with Gasteiger partial charge in [0.2, 0.25) is 20.0 Å². The first kappa shape index (κ1) is 21.3. The van der Waals surface area contributed by atoms with Gasteiger partial charge in [-0.3, -0.25) is 9.44 Å². The second-order valence-corrected chi connectivity index (χ2v) is 15.3. The zero-order valence-corrected chi connectivity index (χ0v) is 17.9. The van der Waals surface area contributed by atoms with Crippen molar-refractivity contribution in [1.82, 2.24) is 0 Å². The lowest BCUT2D eigenvalue weighted by atomic mass is 10.3. The van der Waals surface area contributed by atoms with Crippen molar-refractivity contribution in [2.24, 2.45) is 0 Å². The van der Waals surface area contributed by atoms with Gasteiger partial charge in [-0.2, -0.15) is 0 Å². The van der Waals surface area contributed by atoms with Crippen molar-refractivity contribution in [3.05, 3.63) is 24.3 Å². The molecule has 2 aliphatic rings. The van der Waals surface area contributed by atoms with E-state index in [0.717, 1.165) is 0 Å². The van der Waals surface area contributed by atoms with Crippen molar-refractivity contribution in [2.45, 2.75) is 23.3 Å². The van der Waals surface area contributed by atoms with Crippen LogP contribution in [0.3, 0.4) is 0 Å². The molecule has 2 fully saturated rings. The van der Waals surface area contributed by atoms with Gasteiger partial charge in [0.1, 0.15) is 0 Å². The van der Waals surface area contributed by atoms with E-state index >= 15 is 0 Å². The van der Waals surface area contributed by atoms with Gasteiger partial charge in [-0.25, -0.2) is 33.7 Å². The molecule has 1 aromatic carbocycles. The Morgan fingerprint density at radius 1 is 0.750 bits per heavy atom. The third kappa shape index (κ3) is 4.96. The van der Waals surface area contributed by atoms with Gasteiger partial charge in [-0.05, 0) is 31.0 Å². The summed E-state index contributed by atoms with van der Waals surface area (Å²) in [4.78, 5) is 0. The van der Waals surface area contributed by atoms with E-state index in [-0.39, 0.29) is 35.7 Å². The standard InChI is InChI=1S/C14H20N2O8S4/c17-25(18)6-4-13(9-25)27(21,22)15-11-2-1-3-12(8-11)16-28(23,24)14-5-7-26(19,20)10-14/h1-3,8,13-16H,4-7,9-10H2. The summed E-state index contributed by atoms with van der Waals surface area (Å²) in [7, 11) is -14.7. The van der Waals surface area contributed by atoms with Crippen LogP contribution in [0.2, 0.25) is 0 Å². The Kier molecular flexibility index (Phi) is 5.44. The fourth-order valence-corrected chi connectivity index (χ4v) is 11.3. The summed E-state index contributed by atoms with van der Waals surface area (Å²) in [6.07, 6.45) is 0.000279. The van der Waals surface area contributed by atoms with Crippen molar-refractivity contribution in [1.29, 1.82) is 0 Å². The molecule has 2 heterocycles. The summed E-state index contributed by atoms with van der Waals surface area (Å²) < 4.78 is 100. The fraction of sp³-hybridized carbons (Fsp3) is 0.571. The SMILES string of the molecule is O=S1(=O)CCC(S(=O)(=O)Nc2cccc(NS(=O)(=O)C3CCS(=O)(=O)C3)c2)C1. The largest absolute Gasteiger partial charge is 0.283 e. The average molecular weight is 473 g/mol. The molecule has 0 radical (unpaired) electrons. The van der Waals surface area contributed by atoms with Gasteiger partial charge >= 0.3 is 0 Å². The third-order valence-electron chi connectivity index (χ3n) is 4.64. The molecule has 2 atom stereocenters. The van der Waals surface area contributed by atoms with Crippen LogP contribution in [0.5, 0.6) is 0 Å². The first-order chi connectivity index (χ1) is 12.8. The first-order valence-electron chi connectivity index (χ1n) is 8.32. The summed E-state index contributed by atoms with van der Waals surface area (Å²) in [5, 5.41) is -2.14. The topological polar surface area (TPSA) is 161 Å². The van der Waals surface area contributed by atoms with Gasteiger partial charge in [0, 0.05) is 0 Å². The highest BCUT2D eigenvalue weighted by molar-refractivity contribution is 7.97. The second kappa shape index (κ2) is 7.15. The summed E-state index contributed by atoms with van der Waals surface area (Å²) in [6.45, 7) is 0. The number of anilines is 2. The normalized spacial score (nSPS) is 26.7. The summed E-state index contributed by atoms with van der Waals surface area (Å²) in [5.41, 5.74) is 0.145. The van der Waals surface area contributed by atoms with Gasteiger partial charge in [0.05, 0.1) is 44.9 Å². The van der Waals surface area contributed by atoms with E-state index in [9.17, 15) is 33.7 Å². The number of nitrogens with one attached hydrogen (secondary N) is 2. The van der Waals surface area contributed by atoms with Crippen LogP contribution in [0.4, 0.5) is 11.4 Å². The molecular formula is C14H20N2O8S4. The van der Waals surface area contributed by atoms with Gasteiger partial charge < -0.3 is 0 Å². The monoisotopic (exact) mass is 472 g/mol. The predicted molar refractivity (Wildman–Crippen MR) is 106 cm³/mol. The van der Waals surface area contributed by atoms with Crippen LogP contribution < -0.4 is 9.44 Å². The molecule has 0 saturated carbocycles. The molecule has 3 rings (SSSR count). The second-order valence-electron chi connectivity index (χ2n) is 6.93. The Bertz CT molecular complexity index is 1100. The smallest absolute Gasteiger partial charge is 0.236 e. The Labute approximate surface area is 164 Å². The maximum absolute atomic E-state index is 12.4. The number of hydrogen-bond acceptors (Lipinski definition) is 8. The lowest BCUT2D eigenvalue weighted by Gasteiger charge is -2.15. The summed E-state index contributed by atoms with van der Waals surface area (Å²) in [5.74, 6) is -1.29. The van der Waals surface area contributed by atoms with Crippen LogP contribution in [0.15, 0.2) is 24.3 Å². The van der Waals surface area contributed by atoms with Crippen molar-refractivity contribution < 1.29 is 33.7 Å². The highest BCUT2D eigenvalue weighted by Gasteiger charge is 2.38. The molecule has 0 amide bonds. The Morgan fingerprint density at radius 2 is 1.14 bits per heavy atom. The summed E-state index contributed by atoms with van der Waals surface area (Å²) >= 11 is 0. The molecule has 14 heteroatoms. The van der Waals surface area contributed by atoms with Crippen molar-refractivity contribution in [3.63, 3.8) is 0 Å². The van der Waals surface area contributed by atoms with E-state index in [2.05, 4.69) is 9.44 Å². The van der Waals surface area contributed by atoms with Gasteiger partial charge in [0.15, 0.2) is 19.7 Å². The van der Waals surface area contributed by atoms with E-state index in [4.69, 9.17) is 0 Å². The molecule has 10 nitrogen and oxygen atoms in total. The van der Waals surface area contributed by atoms with Gasteiger partial charge in [-0.15, -0.1) is 0 Å². The number of sulfone groups is 2. The first-order valence-corrected chi connectivity index (χ1v) is 15.1. The zero-order chi connectivity index (χ0) is 20.8. The number of rotatable bonds is 6. The molecular weight excluding hydrogens is 452 g/mol. The predicted octanol–water partition coefficient (Wildman–Crippen LogP) is -0.456. The number of sulfonamides is 2. The van der Waals surface area contributed by atoms with Crippen molar-refractivity contribution >= 4 is 51.1 Å². The van der Waals surface area contributed by atoms with Crippen LogP contribution >= 0.6 is 0 Å². The minimum atomic E-state index is -3.96. The highest BCUT2D eigenvalue weighted by atomic mass is 32.2. The molecule has 2 aliphatic heterocycles. The minimum absolute atomic E-state index is 0.000139.